The van der Waals surface area contributed by atoms with Crippen LogP contribution in [0.4, 0.5) is 4.39 Å². The van der Waals surface area contributed by atoms with Gasteiger partial charge < -0.3 is 19.1 Å². The molecule has 1 N–H and O–H groups in total. The van der Waals surface area contributed by atoms with Crippen LogP contribution >= 0.6 is 0 Å². The zero-order valence-electron chi connectivity index (χ0n) is 22.1. The van der Waals surface area contributed by atoms with Crippen LogP contribution in [0.1, 0.15) is 51.5 Å². The third kappa shape index (κ3) is 5.23. The number of carboxylic acids is 1. The van der Waals surface area contributed by atoms with E-state index in [-0.39, 0.29) is 17.3 Å². The second-order valence-corrected chi connectivity index (χ2v) is 10.2. The fraction of sp³-hybridized carbons (Fsp3) is 0.206. The Morgan fingerprint density at radius 2 is 1.60 bits per heavy atom. The molecule has 0 spiro atoms. The maximum absolute atomic E-state index is 14.0. The van der Waals surface area contributed by atoms with Crippen molar-refractivity contribution >= 4 is 16.9 Å². The standard InChI is InChI=1S/C34H30FNO4/c35-27-13-15-28(16-14-27)36-30-7-4-8-31(40-22-24-5-2-1-3-6-24)32(30)29(33(36)25-17-19-39-20-18-25)21-23-9-11-26(12-10-23)34(37)38/h1-16,25H,17-22H2,(H,37,38). The summed E-state index contributed by atoms with van der Waals surface area (Å²) in [6.07, 6.45) is 2.36. The van der Waals surface area contributed by atoms with Gasteiger partial charge in [-0.3, -0.25) is 0 Å². The summed E-state index contributed by atoms with van der Waals surface area (Å²) in [4.78, 5) is 11.5. The van der Waals surface area contributed by atoms with Gasteiger partial charge in [0.15, 0.2) is 0 Å². The smallest absolute Gasteiger partial charge is 0.335 e. The highest BCUT2D eigenvalue weighted by atomic mass is 19.1. The van der Waals surface area contributed by atoms with Crippen molar-refractivity contribution in [1.82, 2.24) is 4.57 Å². The lowest BCUT2D eigenvalue weighted by atomic mass is 9.90. The topological polar surface area (TPSA) is 60.7 Å². The Hall–Kier alpha value is -4.42. The SMILES string of the molecule is O=C(O)c1ccc(Cc2c(C3CCOCC3)n(-c3ccc(F)cc3)c3cccc(OCc4ccccc4)c23)cc1. The number of hydrogen-bond acceptors (Lipinski definition) is 3. The van der Waals surface area contributed by atoms with Gasteiger partial charge in [-0.2, -0.15) is 0 Å². The fourth-order valence-electron chi connectivity index (χ4n) is 5.67. The summed E-state index contributed by atoms with van der Waals surface area (Å²) in [5.74, 6) is -0.202. The number of carbonyl (C=O) groups is 1. The maximum atomic E-state index is 14.0. The minimum absolute atomic E-state index is 0.237. The minimum atomic E-state index is -0.945. The summed E-state index contributed by atoms with van der Waals surface area (Å²) in [7, 11) is 0. The molecule has 1 fully saturated rings. The van der Waals surface area contributed by atoms with Gasteiger partial charge in [0.2, 0.25) is 0 Å². The van der Waals surface area contributed by atoms with Crippen LogP contribution < -0.4 is 4.74 Å². The van der Waals surface area contributed by atoms with Crippen molar-refractivity contribution in [1.29, 1.82) is 0 Å². The van der Waals surface area contributed by atoms with E-state index in [0.29, 0.717) is 26.2 Å². The predicted octanol–water partition coefficient (Wildman–Crippen LogP) is 7.53. The second-order valence-electron chi connectivity index (χ2n) is 10.2. The van der Waals surface area contributed by atoms with Crippen LogP contribution in [0, 0.1) is 5.82 Å². The Balaban J connectivity index is 1.55. The predicted molar refractivity (Wildman–Crippen MR) is 153 cm³/mol. The normalized spacial score (nSPS) is 13.9. The average molecular weight is 536 g/mol. The number of nitrogens with zero attached hydrogens (tertiary/aromatic N) is 1. The molecule has 6 rings (SSSR count). The van der Waals surface area contributed by atoms with E-state index in [0.717, 1.165) is 51.9 Å². The number of benzene rings is 4. The van der Waals surface area contributed by atoms with Crippen molar-refractivity contribution in [2.24, 2.45) is 0 Å². The quantitative estimate of drug-likeness (QED) is 0.223. The average Bonchev–Trinajstić information content (AvgIpc) is 3.32. The van der Waals surface area contributed by atoms with E-state index in [4.69, 9.17) is 9.47 Å². The Labute approximate surface area is 232 Å². The van der Waals surface area contributed by atoms with Crippen LogP contribution in [0.5, 0.6) is 5.75 Å². The Morgan fingerprint density at radius 1 is 0.875 bits per heavy atom. The third-order valence-corrected chi connectivity index (χ3v) is 7.61. The molecule has 6 heteroatoms. The number of halogens is 1. The Morgan fingerprint density at radius 3 is 2.30 bits per heavy atom. The van der Waals surface area contributed by atoms with Crippen LogP contribution in [-0.4, -0.2) is 28.9 Å². The first-order chi connectivity index (χ1) is 19.6. The second kappa shape index (κ2) is 11.4. The molecule has 0 saturated carbocycles. The summed E-state index contributed by atoms with van der Waals surface area (Å²) < 4.78 is 28.4. The van der Waals surface area contributed by atoms with Gasteiger partial charge in [-0.15, -0.1) is 0 Å². The van der Waals surface area contributed by atoms with E-state index in [9.17, 15) is 14.3 Å². The zero-order valence-corrected chi connectivity index (χ0v) is 22.1. The Kier molecular flexibility index (Phi) is 7.34. The summed E-state index contributed by atoms with van der Waals surface area (Å²) in [5.41, 5.74) is 6.54. The van der Waals surface area contributed by atoms with Gasteiger partial charge in [-0.05, 0) is 84.5 Å². The van der Waals surface area contributed by atoms with Crippen molar-refractivity contribution in [3.05, 3.63) is 131 Å². The van der Waals surface area contributed by atoms with E-state index in [2.05, 4.69) is 10.6 Å². The molecule has 0 atom stereocenters. The third-order valence-electron chi connectivity index (χ3n) is 7.61. The number of aromatic carboxylic acids is 1. The van der Waals surface area contributed by atoms with Crippen molar-refractivity contribution in [3.8, 4) is 11.4 Å². The molecule has 4 aromatic carbocycles. The molecule has 5 aromatic rings. The van der Waals surface area contributed by atoms with Crippen LogP contribution in [0.25, 0.3) is 16.6 Å². The van der Waals surface area contributed by atoms with E-state index < -0.39 is 5.97 Å². The lowest BCUT2D eigenvalue weighted by Gasteiger charge is -2.26. The number of fused-ring (bicyclic) bond motifs is 1. The first-order valence-corrected chi connectivity index (χ1v) is 13.6. The number of hydrogen-bond donors (Lipinski definition) is 1. The molecule has 1 aromatic heterocycles. The largest absolute Gasteiger partial charge is 0.488 e. The minimum Gasteiger partial charge on any atom is -0.488 e. The van der Waals surface area contributed by atoms with Gasteiger partial charge in [0.05, 0.1) is 11.1 Å². The van der Waals surface area contributed by atoms with Crippen molar-refractivity contribution in [2.75, 3.05) is 13.2 Å². The van der Waals surface area contributed by atoms with E-state index in [1.54, 1.807) is 12.1 Å². The first kappa shape index (κ1) is 25.8. The first-order valence-electron chi connectivity index (χ1n) is 13.6. The molecule has 0 unspecified atom stereocenters. The number of aromatic nitrogens is 1. The van der Waals surface area contributed by atoms with Crippen molar-refractivity contribution in [2.45, 2.75) is 31.8 Å². The van der Waals surface area contributed by atoms with Gasteiger partial charge in [0.25, 0.3) is 0 Å². The fourth-order valence-corrected chi connectivity index (χ4v) is 5.67. The van der Waals surface area contributed by atoms with Crippen LogP contribution in [0.2, 0.25) is 0 Å². The summed E-state index contributed by atoms with van der Waals surface area (Å²) >= 11 is 0. The summed E-state index contributed by atoms with van der Waals surface area (Å²) in [5, 5.41) is 10.4. The molecule has 0 amide bonds. The van der Waals surface area contributed by atoms with E-state index in [1.165, 1.54) is 17.8 Å². The number of ether oxygens (including phenoxy) is 2. The molecule has 0 aliphatic carbocycles. The lowest BCUT2D eigenvalue weighted by molar-refractivity contribution is 0.0697. The highest BCUT2D eigenvalue weighted by Crippen LogP contribution is 2.43. The van der Waals surface area contributed by atoms with Crippen LogP contribution in [0.3, 0.4) is 0 Å². The van der Waals surface area contributed by atoms with E-state index in [1.807, 2.05) is 66.7 Å². The highest BCUT2D eigenvalue weighted by Gasteiger charge is 2.28. The van der Waals surface area contributed by atoms with Gasteiger partial charge >= 0.3 is 5.97 Å². The van der Waals surface area contributed by atoms with Crippen LogP contribution in [0.15, 0.2) is 97.1 Å². The van der Waals surface area contributed by atoms with Crippen molar-refractivity contribution in [3.63, 3.8) is 0 Å². The van der Waals surface area contributed by atoms with E-state index >= 15 is 0 Å². The molecule has 1 aliphatic rings. The molecule has 2 heterocycles. The molecule has 1 aliphatic heterocycles. The van der Waals surface area contributed by atoms with Gasteiger partial charge in [-0.1, -0.05) is 48.5 Å². The summed E-state index contributed by atoms with van der Waals surface area (Å²) in [6, 6.07) is 29.9. The molecule has 202 valence electrons. The highest BCUT2D eigenvalue weighted by molar-refractivity contribution is 5.93. The zero-order chi connectivity index (χ0) is 27.5. The molecular weight excluding hydrogens is 505 g/mol. The maximum Gasteiger partial charge on any atom is 0.335 e. The molecule has 5 nitrogen and oxygen atoms in total. The molecular formula is C34H30FNO4. The molecule has 0 radical (unpaired) electrons. The van der Waals surface area contributed by atoms with Crippen LogP contribution in [-0.2, 0) is 17.8 Å². The number of rotatable bonds is 8. The number of carboxylic acid groups (broad SMARTS) is 1. The van der Waals surface area contributed by atoms with Gasteiger partial charge in [0.1, 0.15) is 18.2 Å². The van der Waals surface area contributed by atoms with Gasteiger partial charge in [-0.25, -0.2) is 9.18 Å². The Bertz CT molecular complexity index is 1620. The molecule has 0 bridgehead atoms. The molecule has 40 heavy (non-hydrogen) atoms. The summed E-state index contributed by atoms with van der Waals surface area (Å²) in [6.45, 7) is 1.79. The monoisotopic (exact) mass is 535 g/mol. The lowest BCUT2D eigenvalue weighted by Crippen LogP contribution is -2.18. The molecule has 1 saturated heterocycles. The van der Waals surface area contributed by atoms with Crippen molar-refractivity contribution < 1.29 is 23.8 Å². The van der Waals surface area contributed by atoms with Gasteiger partial charge in [0, 0.05) is 35.9 Å².